The first kappa shape index (κ1) is 20.3. The molecule has 1 N–H and O–H groups in total. The Morgan fingerprint density at radius 2 is 1.84 bits per heavy atom. The maximum Gasteiger partial charge on any atom is 0.295 e. The lowest BCUT2D eigenvalue weighted by molar-refractivity contribution is 0.0971. The third-order valence-electron chi connectivity index (χ3n) is 5.44. The number of carbonyl (C=O) groups excluding carboxylic acids is 1. The summed E-state index contributed by atoms with van der Waals surface area (Å²) in [4.78, 5) is 28.6. The molecule has 1 amide bonds. The molecule has 2 heterocycles. The molecule has 0 fully saturated rings. The molecule has 1 aliphatic heterocycles. The first-order valence-corrected chi connectivity index (χ1v) is 10.9. The summed E-state index contributed by atoms with van der Waals surface area (Å²) in [6, 6.07) is 18.0. The van der Waals surface area contributed by atoms with E-state index in [9.17, 15) is 14.7 Å². The number of anilines is 1. The zero-order valence-corrected chi connectivity index (χ0v) is 18.6. The Morgan fingerprint density at radius 3 is 2.56 bits per heavy atom. The van der Waals surface area contributed by atoms with E-state index in [4.69, 9.17) is 9.15 Å². The molecular formula is C25H18BrNO5. The summed E-state index contributed by atoms with van der Waals surface area (Å²) in [5, 5.41) is 10.5. The van der Waals surface area contributed by atoms with Crippen LogP contribution in [0.5, 0.6) is 11.5 Å². The standard InChI is InChI=1S/C25H18BrNO5/c1-2-31-18-9-7-16(8-10-18)27-22(14-4-3-5-17(28)12-14)21-23(29)19-13-15(26)6-11-20(19)32-24(21)25(27)30/h3-13,22,28H,2H2,1H3. The number of phenolic OH excluding ortho intramolecular Hbond substituents is 1. The van der Waals surface area contributed by atoms with Gasteiger partial charge in [-0.05, 0) is 67.1 Å². The lowest BCUT2D eigenvalue weighted by atomic mass is 9.98. The maximum absolute atomic E-state index is 13.6. The van der Waals surface area contributed by atoms with Crippen LogP contribution in [0.4, 0.5) is 5.69 Å². The summed E-state index contributed by atoms with van der Waals surface area (Å²) in [6.45, 7) is 2.42. The maximum atomic E-state index is 13.6. The van der Waals surface area contributed by atoms with Crippen LogP contribution < -0.4 is 15.1 Å². The van der Waals surface area contributed by atoms with Crippen LogP contribution in [0.2, 0.25) is 0 Å². The van der Waals surface area contributed by atoms with Crippen molar-refractivity contribution in [2.24, 2.45) is 0 Å². The Bertz CT molecular complexity index is 1410. The molecule has 160 valence electrons. The fourth-order valence-electron chi connectivity index (χ4n) is 4.09. The van der Waals surface area contributed by atoms with Gasteiger partial charge in [0.2, 0.25) is 5.76 Å². The molecule has 6 nitrogen and oxygen atoms in total. The minimum atomic E-state index is -0.748. The molecule has 0 saturated heterocycles. The Morgan fingerprint density at radius 1 is 1.06 bits per heavy atom. The van der Waals surface area contributed by atoms with Crippen LogP contribution in [-0.4, -0.2) is 17.6 Å². The van der Waals surface area contributed by atoms with Crippen LogP contribution in [0, 0.1) is 0 Å². The number of amides is 1. The molecule has 3 aromatic carbocycles. The zero-order valence-electron chi connectivity index (χ0n) is 17.0. The third kappa shape index (κ3) is 3.26. The molecule has 0 radical (unpaired) electrons. The van der Waals surface area contributed by atoms with Crippen LogP contribution >= 0.6 is 15.9 Å². The van der Waals surface area contributed by atoms with Gasteiger partial charge in [-0.1, -0.05) is 28.1 Å². The number of ether oxygens (including phenoxy) is 1. The monoisotopic (exact) mass is 491 g/mol. The number of benzene rings is 3. The first-order chi connectivity index (χ1) is 15.5. The molecule has 1 aliphatic rings. The van der Waals surface area contributed by atoms with Crippen molar-refractivity contribution in [2.45, 2.75) is 13.0 Å². The quantitative estimate of drug-likeness (QED) is 0.412. The lowest BCUT2D eigenvalue weighted by Gasteiger charge is -2.25. The highest BCUT2D eigenvalue weighted by Gasteiger charge is 2.43. The number of aromatic hydroxyl groups is 1. The predicted molar refractivity (Wildman–Crippen MR) is 125 cm³/mol. The number of phenols is 1. The highest BCUT2D eigenvalue weighted by Crippen LogP contribution is 2.42. The van der Waals surface area contributed by atoms with Crippen molar-refractivity contribution in [3.8, 4) is 11.5 Å². The summed E-state index contributed by atoms with van der Waals surface area (Å²) in [5.74, 6) is 0.313. The van der Waals surface area contributed by atoms with E-state index in [0.717, 1.165) is 4.47 Å². The van der Waals surface area contributed by atoms with Crippen LogP contribution in [0.15, 0.2) is 80.4 Å². The Hall–Kier alpha value is -3.58. The predicted octanol–water partition coefficient (Wildman–Crippen LogP) is 5.41. The number of hydrogen-bond donors (Lipinski definition) is 1. The van der Waals surface area contributed by atoms with Crippen molar-refractivity contribution in [3.63, 3.8) is 0 Å². The summed E-state index contributed by atoms with van der Waals surface area (Å²) < 4.78 is 12.2. The fraction of sp³-hybridized carbons (Fsp3) is 0.120. The normalized spacial score (nSPS) is 15.2. The molecular weight excluding hydrogens is 474 g/mol. The van der Waals surface area contributed by atoms with Crippen molar-refractivity contribution in [1.82, 2.24) is 0 Å². The van der Waals surface area contributed by atoms with E-state index in [2.05, 4.69) is 15.9 Å². The van der Waals surface area contributed by atoms with Gasteiger partial charge in [0.1, 0.15) is 17.1 Å². The minimum Gasteiger partial charge on any atom is -0.508 e. The molecule has 4 aromatic rings. The average Bonchev–Trinajstić information content (AvgIpc) is 3.08. The van der Waals surface area contributed by atoms with Gasteiger partial charge in [0.25, 0.3) is 5.91 Å². The molecule has 0 saturated carbocycles. The van der Waals surface area contributed by atoms with Gasteiger partial charge in [0.15, 0.2) is 5.43 Å². The number of rotatable bonds is 4. The van der Waals surface area contributed by atoms with E-state index in [-0.39, 0.29) is 22.5 Å². The van der Waals surface area contributed by atoms with Crippen LogP contribution in [0.1, 0.15) is 34.6 Å². The van der Waals surface area contributed by atoms with Crippen molar-refractivity contribution in [2.75, 3.05) is 11.5 Å². The molecule has 32 heavy (non-hydrogen) atoms. The fourth-order valence-corrected chi connectivity index (χ4v) is 4.45. The second kappa shape index (κ2) is 7.84. The highest BCUT2D eigenvalue weighted by atomic mass is 79.9. The summed E-state index contributed by atoms with van der Waals surface area (Å²) in [6.07, 6.45) is 0. The zero-order chi connectivity index (χ0) is 22.4. The van der Waals surface area contributed by atoms with E-state index < -0.39 is 11.9 Å². The average molecular weight is 492 g/mol. The smallest absolute Gasteiger partial charge is 0.295 e. The molecule has 0 spiro atoms. The SMILES string of the molecule is CCOc1ccc(N2C(=O)c3oc4ccc(Br)cc4c(=O)c3C2c2cccc(O)c2)cc1. The molecule has 5 rings (SSSR count). The summed E-state index contributed by atoms with van der Waals surface area (Å²) in [7, 11) is 0. The van der Waals surface area contributed by atoms with Gasteiger partial charge in [0, 0.05) is 10.2 Å². The van der Waals surface area contributed by atoms with Crippen molar-refractivity contribution < 1.29 is 19.1 Å². The largest absolute Gasteiger partial charge is 0.508 e. The number of hydrogen-bond acceptors (Lipinski definition) is 5. The molecule has 7 heteroatoms. The van der Waals surface area contributed by atoms with Gasteiger partial charge in [-0.25, -0.2) is 0 Å². The summed E-state index contributed by atoms with van der Waals surface area (Å²) in [5.41, 5.74) is 1.50. The van der Waals surface area contributed by atoms with E-state index >= 15 is 0 Å². The number of nitrogens with zero attached hydrogens (tertiary/aromatic N) is 1. The van der Waals surface area contributed by atoms with E-state index in [1.807, 2.05) is 6.92 Å². The molecule has 0 bridgehead atoms. The molecule has 1 atom stereocenters. The van der Waals surface area contributed by atoms with Gasteiger partial charge >= 0.3 is 0 Å². The number of fused-ring (bicyclic) bond motifs is 2. The van der Waals surface area contributed by atoms with Crippen molar-refractivity contribution in [1.29, 1.82) is 0 Å². The summed E-state index contributed by atoms with van der Waals surface area (Å²) >= 11 is 3.39. The minimum absolute atomic E-state index is 0.00653. The Labute approximate surface area is 191 Å². The lowest BCUT2D eigenvalue weighted by Crippen LogP contribution is -2.29. The number of carbonyl (C=O) groups is 1. The van der Waals surface area contributed by atoms with Crippen molar-refractivity contribution in [3.05, 3.63) is 98.3 Å². The first-order valence-electron chi connectivity index (χ1n) is 10.1. The highest BCUT2D eigenvalue weighted by molar-refractivity contribution is 9.10. The van der Waals surface area contributed by atoms with Gasteiger partial charge in [0.05, 0.1) is 23.6 Å². The van der Waals surface area contributed by atoms with Crippen LogP contribution in [0.3, 0.4) is 0 Å². The molecule has 0 aliphatic carbocycles. The van der Waals surface area contributed by atoms with E-state index in [0.29, 0.717) is 34.6 Å². The molecule has 1 unspecified atom stereocenters. The second-order valence-electron chi connectivity index (χ2n) is 7.41. The Balaban J connectivity index is 1.76. The molecule has 1 aromatic heterocycles. The van der Waals surface area contributed by atoms with Crippen molar-refractivity contribution >= 4 is 38.5 Å². The Kier molecular flexibility index (Phi) is 4.98. The van der Waals surface area contributed by atoms with Gasteiger partial charge in [-0.3, -0.25) is 14.5 Å². The third-order valence-corrected chi connectivity index (χ3v) is 5.94. The van der Waals surface area contributed by atoms with E-state index in [1.165, 1.54) is 4.90 Å². The van der Waals surface area contributed by atoms with E-state index in [1.54, 1.807) is 66.7 Å². The van der Waals surface area contributed by atoms with Crippen LogP contribution in [0.25, 0.3) is 11.0 Å². The topological polar surface area (TPSA) is 80.0 Å². The van der Waals surface area contributed by atoms with Gasteiger partial charge in [-0.2, -0.15) is 0 Å². The second-order valence-corrected chi connectivity index (χ2v) is 8.33. The number of halogens is 1. The van der Waals surface area contributed by atoms with Gasteiger partial charge < -0.3 is 14.3 Å². The van der Waals surface area contributed by atoms with Crippen LogP contribution in [-0.2, 0) is 0 Å². The van der Waals surface area contributed by atoms with Gasteiger partial charge in [-0.15, -0.1) is 0 Å².